The van der Waals surface area contributed by atoms with Crippen LogP contribution >= 0.6 is 0 Å². The molecule has 0 heterocycles. The van der Waals surface area contributed by atoms with Crippen molar-refractivity contribution in [3.63, 3.8) is 0 Å². The lowest BCUT2D eigenvalue weighted by Crippen LogP contribution is -2.41. The first kappa shape index (κ1) is 9.77. The van der Waals surface area contributed by atoms with E-state index >= 15 is 0 Å². The van der Waals surface area contributed by atoms with Crippen molar-refractivity contribution in [2.45, 2.75) is 37.7 Å². The molecule has 1 rings (SSSR count). The van der Waals surface area contributed by atoms with Gasteiger partial charge in [0, 0.05) is 12.5 Å². The van der Waals surface area contributed by atoms with Gasteiger partial charge < -0.3 is 5.73 Å². The van der Waals surface area contributed by atoms with E-state index in [-0.39, 0.29) is 12.0 Å². The van der Waals surface area contributed by atoms with Gasteiger partial charge in [-0.25, -0.2) is 17.6 Å². The maximum Gasteiger partial charge on any atom is 0.307 e. The van der Waals surface area contributed by atoms with Crippen LogP contribution in [0.25, 0.3) is 0 Å². The van der Waals surface area contributed by atoms with Gasteiger partial charge in [0.05, 0.1) is 0 Å². The Balaban J connectivity index is 2.30. The monoisotopic (exact) mass is 185 g/mol. The summed E-state index contributed by atoms with van der Waals surface area (Å²) in [5, 5.41) is 0. The van der Waals surface area contributed by atoms with Gasteiger partial charge >= 0.3 is 12.3 Å². The van der Waals surface area contributed by atoms with Gasteiger partial charge in [-0.2, -0.15) is 0 Å². The lowest BCUT2D eigenvalue weighted by molar-refractivity contribution is -0.146. The van der Waals surface area contributed by atoms with E-state index in [2.05, 4.69) is 0 Å². The second kappa shape index (κ2) is 3.20. The number of alkyl halides is 4. The van der Waals surface area contributed by atoms with Crippen LogP contribution in [0.1, 0.15) is 19.3 Å². The third kappa shape index (κ3) is 2.09. The van der Waals surface area contributed by atoms with Gasteiger partial charge in [-0.1, -0.05) is 0 Å². The van der Waals surface area contributed by atoms with Gasteiger partial charge in [0.2, 0.25) is 0 Å². The summed E-state index contributed by atoms with van der Waals surface area (Å²) in [6.07, 6.45) is -3.38. The number of rotatable bonds is 3. The Kier molecular flexibility index (Phi) is 2.61. The molecule has 1 saturated carbocycles. The van der Waals surface area contributed by atoms with Crippen LogP contribution in [0.3, 0.4) is 0 Å². The van der Waals surface area contributed by atoms with Crippen LogP contribution in [0, 0.1) is 5.92 Å². The molecule has 0 aromatic rings. The predicted molar refractivity (Wildman–Crippen MR) is 36.3 cm³/mol. The van der Waals surface area contributed by atoms with Crippen LogP contribution in [0.2, 0.25) is 0 Å². The average Bonchev–Trinajstić information content (AvgIpc) is 1.83. The molecule has 0 spiro atoms. The van der Waals surface area contributed by atoms with Crippen molar-refractivity contribution in [3.05, 3.63) is 0 Å². The SMILES string of the molecule is NC1CC(CC(F)(F)C(F)F)C1. The van der Waals surface area contributed by atoms with Crippen molar-refractivity contribution in [2.75, 3.05) is 0 Å². The smallest absolute Gasteiger partial charge is 0.307 e. The van der Waals surface area contributed by atoms with E-state index in [9.17, 15) is 17.6 Å². The molecule has 0 aromatic heterocycles. The Morgan fingerprint density at radius 2 is 1.83 bits per heavy atom. The molecule has 12 heavy (non-hydrogen) atoms. The Bertz CT molecular complexity index is 153. The van der Waals surface area contributed by atoms with Crippen molar-refractivity contribution in [1.29, 1.82) is 0 Å². The first-order chi connectivity index (χ1) is 5.42. The van der Waals surface area contributed by atoms with E-state index in [1.165, 1.54) is 0 Å². The molecule has 1 aliphatic carbocycles. The van der Waals surface area contributed by atoms with Crippen LogP contribution < -0.4 is 5.73 Å². The van der Waals surface area contributed by atoms with Crippen LogP contribution in [-0.2, 0) is 0 Å². The maximum atomic E-state index is 12.4. The molecule has 0 aliphatic heterocycles. The molecule has 0 aromatic carbocycles. The molecule has 5 heteroatoms. The van der Waals surface area contributed by atoms with Crippen molar-refractivity contribution in [3.8, 4) is 0 Å². The summed E-state index contributed by atoms with van der Waals surface area (Å²) in [6, 6.07) is -0.0662. The second-order valence-electron chi connectivity index (χ2n) is 3.36. The second-order valence-corrected chi connectivity index (χ2v) is 3.36. The van der Waals surface area contributed by atoms with Crippen molar-refractivity contribution >= 4 is 0 Å². The molecule has 0 saturated heterocycles. The van der Waals surface area contributed by atoms with E-state index in [4.69, 9.17) is 5.73 Å². The zero-order valence-corrected chi connectivity index (χ0v) is 6.44. The van der Waals surface area contributed by atoms with Gasteiger partial charge in [-0.05, 0) is 18.8 Å². The summed E-state index contributed by atoms with van der Waals surface area (Å²) < 4.78 is 48.0. The largest absolute Gasteiger partial charge is 0.328 e. The first-order valence-electron chi connectivity index (χ1n) is 3.83. The fourth-order valence-electron chi connectivity index (χ4n) is 1.43. The van der Waals surface area contributed by atoms with E-state index in [0.29, 0.717) is 12.8 Å². The maximum absolute atomic E-state index is 12.4. The zero-order chi connectivity index (χ0) is 9.35. The van der Waals surface area contributed by atoms with Crippen LogP contribution in [0.4, 0.5) is 17.6 Å². The standard InChI is InChI=1S/C7H11F4N/c8-6(9)7(10,11)3-4-1-5(12)2-4/h4-6H,1-3,12H2. The number of halogens is 4. The Labute approximate surface area is 67.9 Å². The quantitative estimate of drug-likeness (QED) is 0.669. The molecule has 0 atom stereocenters. The van der Waals surface area contributed by atoms with Gasteiger partial charge in [-0.15, -0.1) is 0 Å². The highest BCUT2D eigenvalue weighted by atomic mass is 19.3. The molecular weight excluding hydrogens is 174 g/mol. The summed E-state index contributed by atoms with van der Waals surface area (Å²) in [7, 11) is 0. The summed E-state index contributed by atoms with van der Waals surface area (Å²) in [4.78, 5) is 0. The third-order valence-corrected chi connectivity index (χ3v) is 2.15. The minimum absolute atomic E-state index is 0.0662. The third-order valence-electron chi connectivity index (χ3n) is 2.15. The molecule has 1 nitrogen and oxygen atoms in total. The van der Waals surface area contributed by atoms with Crippen molar-refractivity contribution in [1.82, 2.24) is 0 Å². The first-order valence-corrected chi connectivity index (χ1v) is 3.83. The molecule has 2 N–H and O–H groups in total. The van der Waals surface area contributed by atoms with Crippen LogP contribution in [-0.4, -0.2) is 18.4 Å². The van der Waals surface area contributed by atoms with Crippen LogP contribution in [0.15, 0.2) is 0 Å². The molecule has 0 unspecified atom stereocenters. The van der Waals surface area contributed by atoms with Crippen molar-refractivity contribution < 1.29 is 17.6 Å². The number of hydrogen-bond donors (Lipinski definition) is 1. The number of nitrogens with two attached hydrogens (primary N) is 1. The molecular formula is C7H11F4N. The topological polar surface area (TPSA) is 26.0 Å². The predicted octanol–water partition coefficient (Wildman–Crippen LogP) is 2.01. The minimum Gasteiger partial charge on any atom is -0.328 e. The molecule has 1 aliphatic rings. The van der Waals surface area contributed by atoms with E-state index in [0.717, 1.165) is 0 Å². The molecule has 0 amide bonds. The van der Waals surface area contributed by atoms with E-state index in [1.54, 1.807) is 0 Å². The summed E-state index contributed by atoms with van der Waals surface area (Å²) in [5.41, 5.74) is 5.33. The Morgan fingerprint density at radius 3 is 2.17 bits per heavy atom. The summed E-state index contributed by atoms with van der Waals surface area (Å²) in [6.45, 7) is 0. The van der Waals surface area contributed by atoms with Gasteiger partial charge in [0.1, 0.15) is 0 Å². The average molecular weight is 185 g/mol. The van der Waals surface area contributed by atoms with Gasteiger partial charge in [0.15, 0.2) is 0 Å². The lowest BCUT2D eigenvalue weighted by Gasteiger charge is -2.34. The Morgan fingerprint density at radius 1 is 1.33 bits per heavy atom. The van der Waals surface area contributed by atoms with Crippen LogP contribution in [0.5, 0.6) is 0 Å². The lowest BCUT2D eigenvalue weighted by atomic mass is 9.77. The van der Waals surface area contributed by atoms with Crippen molar-refractivity contribution in [2.24, 2.45) is 11.7 Å². The number of hydrogen-bond acceptors (Lipinski definition) is 1. The van der Waals surface area contributed by atoms with Gasteiger partial charge in [-0.3, -0.25) is 0 Å². The fraction of sp³-hybridized carbons (Fsp3) is 1.00. The molecule has 0 bridgehead atoms. The normalized spacial score (nSPS) is 30.5. The molecule has 1 fully saturated rings. The highest BCUT2D eigenvalue weighted by Gasteiger charge is 2.44. The molecule has 0 radical (unpaired) electrons. The zero-order valence-electron chi connectivity index (χ0n) is 6.44. The Hall–Kier alpha value is -0.320. The van der Waals surface area contributed by atoms with E-state index in [1.807, 2.05) is 0 Å². The highest BCUT2D eigenvalue weighted by Crippen LogP contribution is 2.38. The van der Waals surface area contributed by atoms with Gasteiger partial charge in [0.25, 0.3) is 0 Å². The summed E-state index contributed by atoms with van der Waals surface area (Å²) >= 11 is 0. The minimum atomic E-state index is -3.83. The summed E-state index contributed by atoms with van der Waals surface area (Å²) in [5.74, 6) is -4.14. The van der Waals surface area contributed by atoms with E-state index < -0.39 is 18.8 Å². The highest BCUT2D eigenvalue weighted by molar-refractivity contribution is 4.86. The molecule has 72 valence electrons. The fourth-order valence-corrected chi connectivity index (χ4v) is 1.43.